The normalized spacial score (nSPS) is 22.9. The summed E-state index contributed by atoms with van der Waals surface area (Å²) in [6, 6.07) is 13.4. The zero-order chi connectivity index (χ0) is 23.0. The minimum atomic E-state index is -0.567. The van der Waals surface area contributed by atoms with Crippen LogP contribution in [-0.2, 0) is 14.3 Å². The lowest BCUT2D eigenvalue weighted by Gasteiger charge is -2.39. The van der Waals surface area contributed by atoms with E-state index in [9.17, 15) is 14.0 Å². The third-order valence-corrected chi connectivity index (χ3v) is 6.21. The Morgan fingerprint density at radius 1 is 1.06 bits per heavy atom. The van der Waals surface area contributed by atoms with Crippen molar-refractivity contribution in [2.24, 2.45) is 5.92 Å². The molecule has 0 bridgehead atoms. The first-order valence-electron chi connectivity index (χ1n) is 10.7. The number of hydrogen-bond acceptors (Lipinski definition) is 4. The van der Waals surface area contributed by atoms with E-state index in [0.717, 1.165) is 11.3 Å². The van der Waals surface area contributed by atoms with Gasteiger partial charge in [-0.2, -0.15) is 0 Å². The van der Waals surface area contributed by atoms with E-state index in [2.05, 4.69) is 11.4 Å². The van der Waals surface area contributed by atoms with Gasteiger partial charge in [-0.05, 0) is 56.2 Å². The van der Waals surface area contributed by atoms with Crippen LogP contribution in [-0.4, -0.2) is 17.9 Å². The van der Waals surface area contributed by atoms with Crippen molar-refractivity contribution in [1.29, 1.82) is 0 Å². The van der Waals surface area contributed by atoms with Crippen LogP contribution in [0.4, 0.5) is 4.39 Å². The lowest BCUT2D eigenvalue weighted by atomic mass is 9.68. The lowest BCUT2D eigenvalue weighted by molar-refractivity contribution is -0.143. The summed E-state index contributed by atoms with van der Waals surface area (Å²) in [6.45, 7) is 5.37. The van der Waals surface area contributed by atoms with Crippen LogP contribution in [0.2, 0.25) is 5.02 Å². The highest BCUT2D eigenvalue weighted by Gasteiger charge is 2.45. The number of carbonyl (C=O) groups is 2. The Bertz CT molecular complexity index is 1100. The van der Waals surface area contributed by atoms with E-state index in [4.69, 9.17) is 16.3 Å². The topological polar surface area (TPSA) is 55.4 Å². The van der Waals surface area contributed by atoms with Gasteiger partial charge in [-0.3, -0.25) is 4.79 Å². The molecule has 1 N–H and O–H groups in total. The molecule has 0 fully saturated rings. The average molecular weight is 454 g/mol. The summed E-state index contributed by atoms with van der Waals surface area (Å²) in [7, 11) is 0. The number of Topliss-reactive ketones (excluding diaryl/α,β-unsaturated/α-hetero) is 1. The summed E-state index contributed by atoms with van der Waals surface area (Å²) in [4.78, 5) is 26.5. The quantitative estimate of drug-likeness (QED) is 0.608. The van der Waals surface area contributed by atoms with Gasteiger partial charge in [-0.25, -0.2) is 9.18 Å². The number of hydrogen-bond donors (Lipinski definition) is 1. The van der Waals surface area contributed by atoms with Crippen LogP contribution < -0.4 is 5.32 Å². The second kappa shape index (κ2) is 8.91. The van der Waals surface area contributed by atoms with Gasteiger partial charge in [0.15, 0.2) is 0 Å². The molecule has 2 aromatic rings. The van der Waals surface area contributed by atoms with Crippen molar-refractivity contribution < 1.29 is 18.7 Å². The largest absolute Gasteiger partial charge is 0.460 e. The summed E-state index contributed by atoms with van der Waals surface area (Å²) in [6.07, 6.45) is 2.06. The lowest BCUT2D eigenvalue weighted by Crippen LogP contribution is -2.42. The number of nitrogens with one attached hydrogen (secondary N) is 1. The fourth-order valence-corrected chi connectivity index (χ4v) is 4.70. The molecule has 0 spiro atoms. The first kappa shape index (κ1) is 22.3. The summed E-state index contributed by atoms with van der Waals surface area (Å²) < 4.78 is 19.1. The van der Waals surface area contributed by atoms with Gasteiger partial charge in [0.25, 0.3) is 0 Å². The Morgan fingerprint density at radius 3 is 2.31 bits per heavy atom. The maximum absolute atomic E-state index is 13.6. The molecule has 0 amide bonds. The van der Waals surface area contributed by atoms with Crippen molar-refractivity contribution in [1.82, 2.24) is 5.32 Å². The number of rotatable bonds is 4. The van der Waals surface area contributed by atoms with Crippen LogP contribution in [0.1, 0.15) is 50.2 Å². The number of allylic oxidation sites excluding steroid dienone is 3. The Balaban J connectivity index is 1.81. The molecular formula is C26H25ClFNO3. The second-order valence-electron chi connectivity index (χ2n) is 8.58. The molecule has 2 aliphatic rings. The predicted octanol–water partition coefficient (Wildman–Crippen LogP) is 5.65. The van der Waals surface area contributed by atoms with Crippen molar-refractivity contribution in [3.05, 3.63) is 93.5 Å². The van der Waals surface area contributed by atoms with E-state index in [1.54, 1.807) is 32.9 Å². The average Bonchev–Trinajstić information content (AvgIpc) is 2.73. The fraction of sp³-hybridized carbons (Fsp3) is 0.308. The van der Waals surface area contributed by atoms with Gasteiger partial charge in [0.2, 0.25) is 0 Å². The van der Waals surface area contributed by atoms with Crippen molar-refractivity contribution in [3.63, 3.8) is 0 Å². The molecular weight excluding hydrogens is 429 g/mol. The Morgan fingerprint density at radius 2 is 1.69 bits per heavy atom. The predicted molar refractivity (Wildman–Crippen MR) is 122 cm³/mol. The van der Waals surface area contributed by atoms with Crippen LogP contribution in [0.15, 0.2) is 71.6 Å². The van der Waals surface area contributed by atoms with Crippen LogP contribution in [0, 0.1) is 11.7 Å². The number of ketones is 1. The van der Waals surface area contributed by atoms with Crippen molar-refractivity contribution in [3.8, 4) is 0 Å². The number of carbonyl (C=O) groups excluding carboxylic acids is 2. The van der Waals surface area contributed by atoms with Gasteiger partial charge in [-0.15, -0.1) is 0 Å². The van der Waals surface area contributed by atoms with E-state index in [0.29, 0.717) is 28.3 Å². The van der Waals surface area contributed by atoms with E-state index in [-0.39, 0.29) is 23.6 Å². The summed E-state index contributed by atoms with van der Waals surface area (Å²) in [5, 5.41) is 3.93. The van der Waals surface area contributed by atoms with E-state index in [1.807, 2.05) is 24.3 Å². The number of ether oxygens (including phenoxy) is 1. The molecule has 0 saturated heterocycles. The number of benzene rings is 2. The molecule has 1 aliphatic heterocycles. The standard InChI is InChI=1S/C26H25ClFNO3/c1-14(2)32-26(31)23-15(3)29-21-12-18(16-4-8-19(27)9-5-16)13-22(30)25(21)24(23)17-6-10-20(28)11-7-17/h4-12,14,18,24-25,29H,13H2,1-3H3. The highest BCUT2D eigenvalue weighted by Crippen LogP contribution is 2.46. The first-order valence-corrected chi connectivity index (χ1v) is 11.1. The zero-order valence-corrected chi connectivity index (χ0v) is 18.9. The van der Waals surface area contributed by atoms with Gasteiger partial charge in [0.05, 0.1) is 17.6 Å². The van der Waals surface area contributed by atoms with Crippen molar-refractivity contribution in [2.75, 3.05) is 0 Å². The van der Waals surface area contributed by atoms with E-state index in [1.165, 1.54) is 12.1 Å². The molecule has 0 aromatic heterocycles. The molecule has 0 saturated carbocycles. The summed E-state index contributed by atoms with van der Waals surface area (Å²) >= 11 is 6.02. The maximum atomic E-state index is 13.6. The number of fused-ring (bicyclic) bond motifs is 1. The van der Waals surface area contributed by atoms with Gasteiger partial charge >= 0.3 is 5.97 Å². The third-order valence-electron chi connectivity index (χ3n) is 5.95. The molecule has 0 radical (unpaired) electrons. The van der Waals surface area contributed by atoms with Crippen LogP contribution in [0.3, 0.4) is 0 Å². The molecule has 166 valence electrons. The van der Waals surface area contributed by atoms with Gasteiger partial charge in [0, 0.05) is 34.7 Å². The Kier molecular flexibility index (Phi) is 6.20. The van der Waals surface area contributed by atoms with E-state index < -0.39 is 17.8 Å². The Hall–Kier alpha value is -2.92. The Labute approximate surface area is 192 Å². The molecule has 3 atom stereocenters. The van der Waals surface area contributed by atoms with Crippen LogP contribution in [0.25, 0.3) is 0 Å². The minimum Gasteiger partial charge on any atom is -0.460 e. The molecule has 6 heteroatoms. The highest BCUT2D eigenvalue weighted by molar-refractivity contribution is 6.30. The number of halogens is 2. The van der Waals surface area contributed by atoms with Crippen LogP contribution in [0.5, 0.6) is 0 Å². The third kappa shape index (κ3) is 4.35. The van der Waals surface area contributed by atoms with Gasteiger partial charge in [0.1, 0.15) is 11.6 Å². The smallest absolute Gasteiger partial charge is 0.336 e. The molecule has 1 heterocycles. The first-order chi connectivity index (χ1) is 15.2. The molecule has 32 heavy (non-hydrogen) atoms. The monoisotopic (exact) mass is 453 g/mol. The zero-order valence-electron chi connectivity index (χ0n) is 18.2. The molecule has 4 rings (SSSR count). The summed E-state index contributed by atoms with van der Waals surface area (Å²) in [5.74, 6) is -2.03. The molecule has 4 nitrogen and oxygen atoms in total. The van der Waals surface area contributed by atoms with Crippen LogP contribution >= 0.6 is 11.6 Å². The van der Waals surface area contributed by atoms with Gasteiger partial charge in [-0.1, -0.05) is 41.9 Å². The molecule has 3 unspecified atom stereocenters. The molecule has 1 aliphatic carbocycles. The second-order valence-corrected chi connectivity index (χ2v) is 9.01. The van der Waals surface area contributed by atoms with E-state index >= 15 is 0 Å². The highest BCUT2D eigenvalue weighted by atomic mass is 35.5. The van der Waals surface area contributed by atoms with Crippen molar-refractivity contribution >= 4 is 23.4 Å². The minimum absolute atomic E-state index is 0.0200. The van der Waals surface area contributed by atoms with Gasteiger partial charge < -0.3 is 10.1 Å². The van der Waals surface area contributed by atoms with Crippen molar-refractivity contribution in [2.45, 2.75) is 45.1 Å². The maximum Gasteiger partial charge on any atom is 0.336 e. The molecule has 2 aromatic carbocycles. The SMILES string of the molecule is CC1=C(C(=O)OC(C)C)C(c2ccc(F)cc2)C2C(=O)CC(c3ccc(Cl)cc3)C=C2N1. The number of esters is 1. The summed E-state index contributed by atoms with van der Waals surface area (Å²) in [5.41, 5.74) is 3.51. The fourth-order valence-electron chi connectivity index (χ4n) is 4.58.